The molecule has 0 unspecified atom stereocenters. The molecule has 5 aromatic carbocycles. The molecule has 0 saturated carbocycles. The quantitative estimate of drug-likeness (QED) is 0.255. The number of hydrogen-bond donors (Lipinski definition) is 0. The van der Waals surface area contributed by atoms with E-state index in [0.29, 0.717) is 0 Å². The molecule has 0 fully saturated rings. The number of para-hydroxylation sites is 2. The molecule has 5 aromatic rings. The zero-order valence-corrected chi connectivity index (χ0v) is 18.9. The lowest BCUT2D eigenvalue weighted by molar-refractivity contribution is 0.888. The van der Waals surface area contributed by atoms with Gasteiger partial charge in [-0.2, -0.15) is 0 Å². The Kier molecular flexibility index (Phi) is 6.08. The summed E-state index contributed by atoms with van der Waals surface area (Å²) in [4.78, 5) is 4.73. The van der Waals surface area contributed by atoms with Crippen molar-refractivity contribution in [1.29, 1.82) is 0 Å². The monoisotopic (exact) mass is 428 g/mol. The molecule has 0 aliphatic heterocycles. The Morgan fingerprint density at radius 2 is 1.00 bits per heavy atom. The fraction of sp³-hybridized carbons (Fsp3) is 0.0968. The maximum absolute atomic E-state index is 2.43. The SMILES string of the molecule is CCCN(c1ccc(N(c2ccccc2)c2ccccc2)cc1)c1cccc2ccccc12. The Hall–Kier alpha value is -4.04. The second-order valence-electron chi connectivity index (χ2n) is 8.17. The van der Waals surface area contributed by atoms with Gasteiger partial charge in [0.25, 0.3) is 0 Å². The molecule has 0 saturated heterocycles. The van der Waals surface area contributed by atoms with E-state index in [1.165, 1.54) is 22.1 Å². The molecule has 0 radical (unpaired) electrons. The first-order valence-corrected chi connectivity index (χ1v) is 11.6. The molecular weight excluding hydrogens is 400 g/mol. The summed E-state index contributed by atoms with van der Waals surface area (Å²) < 4.78 is 0. The van der Waals surface area contributed by atoms with Gasteiger partial charge in [-0.05, 0) is 66.4 Å². The summed E-state index contributed by atoms with van der Waals surface area (Å²) in [5, 5.41) is 2.56. The average Bonchev–Trinajstić information content (AvgIpc) is 2.89. The number of hydrogen-bond acceptors (Lipinski definition) is 2. The molecule has 0 atom stereocenters. The molecule has 0 N–H and O–H groups in total. The number of anilines is 5. The molecule has 0 bridgehead atoms. The molecular formula is C31H28N2. The summed E-state index contributed by atoms with van der Waals surface area (Å²) in [5.74, 6) is 0. The van der Waals surface area contributed by atoms with E-state index in [1.807, 2.05) is 0 Å². The van der Waals surface area contributed by atoms with Crippen molar-refractivity contribution < 1.29 is 0 Å². The highest BCUT2D eigenvalue weighted by molar-refractivity contribution is 5.96. The highest BCUT2D eigenvalue weighted by Gasteiger charge is 2.15. The van der Waals surface area contributed by atoms with Gasteiger partial charge in [-0.3, -0.25) is 0 Å². The van der Waals surface area contributed by atoms with Gasteiger partial charge >= 0.3 is 0 Å². The van der Waals surface area contributed by atoms with E-state index < -0.39 is 0 Å². The number of nitrogens with zero attached hydrogens (tertiary/aromatic N) is 2. The van der Waals surface area contributed by atoms with Crippen molar-refractivity contribution in [3.8, 4) is 0 Å². The Morgan fingerprint density at radius 3 is 1.64 bits per heavy atom. The van der Waals surface area contributed by atoms with Gasteiger partial charge in [0.15, 0.2) is 0 Å². The van der Waals surface area contributed by atoms with Crippen LogP contribution in [0.1, 0.15) is 13.3 Å². The minimum absolute atomic E-state index is 0.967. The second-order valence-corrected chi connectivity index (χ2v) is 8.17. The zero-order valence-electron chi connectivity index (χ0n) is 18.9. The third-order valence-electron chi connectivity index (χ3n) is 5.95. The van der Waals surface area contributed by atoms with Gasteiger partial charge in [-0.15, -0.1) is 0 Å². The summed E-state index contributed by atoms with van der Waals surface area (Å²) in [6.07, 6.45) is 1.07. The lowest BCUT2D eigenvalue weighted by Crippen LogP contribution is -2.18. The van der Waals surface area contributed by atoms with Crippen LogP contribution in [-0.2, 0) is 0 Å². The molecule has 2 nitrogen and oxygen atoms in total. The molecule has 162 valence electrons. The van der Waals surface area contributed by atoms with Crippen LogP contribution in [0.25, 0.3) is 10.8 Å². The van der Waals surface area contributed by atoms with E-state index in [0.717, 1.165) is 30.0 Å². The molecule has 0 aliphatic carbocycles. The Balaban J connectivity index is 1.55. The lowest BCUT2D eigenvalue weighted by Gasteiger charge is -2.28. The van der Waals surface area contributed by atoms with E-state index in [9.17, 15) is 0 Å². The summed E-state index contributed by atoms with van der Waals surface area (Å²) in [6, 6.07) is 45.2. The van der Waals surface area contributed by atoms with Crippen molar-refractivity contribution in [3.05, 3.63) is 127 Å². The van der Waals surface area contributed by atoms with Crippen LogP contribution in [0.5, 0.6) is 0 Å². The predicted octanol–water partition coefficient (Wildman–Crippen LogP) is 8.86. The highest BCUT2D eigenvalue weighted by Crippen LogP contribution is 2.37. The smallest absolute Gasteiger partial charge is 0.0490 e. The minimum Gasteiger partial charge on any atom is -0.341 e. The van der Waals surface area contributed by atoms with E-state index in [-0.39, 0.29) is 0 Å². The van der Waals surface area contributed by atoms with E-state index in [4.69, 9.17) is 0 Å². The summed E-state index contributed by atoms with van der Waals surface area (Å²) in [6.45, 7) is 3.20. The predicted molar refractivity (Wildman–Crippen MR) is 142 cm³/mol. The maximum atomic E-state index is 2.43. The van der Waals surface area contributed by atoms with E-state index >= 15 is 0 Å². The fourth-order valence-corrected chi connectivity index (χ4v) is 4.44. The third kappa shape index (κ3) is 4.33. The van der Waals surface area contributed by atoms with Crippen LogP contribution in [0.2, 0.25) is 0 Å². The molecule has 0 heterocycles. The summed E-state index contributed by atoms with van der Waals surface area (Å²) in [5.41, 5.74) is 5.90. The standard InChI is InChI=1S/C31H28N2/c1-2-24-32(31-19-11-13-25-12-9-10-18-30(25)31)26-20-22-29(23-21-26)33(27-14-5-3-6-15-27)28-16-7-4-8-17-28/h3-23H,2,24H2,1H3. The number of fused-ring (bicyclic) bond motifs is 1. The highest BCUT2D eigenvalue weighted by atomic mass is 15.2. The van der Waals surface area contributed by atoms with Crippen LogP contribution < -0.4 is 9.80 Å². The molecule has 0 amide bonds. The largest absolute Gasteiger partial charge is 0.341 e. The molecule has 0 aliphatic rings. The Morgan fingerprint density at radius 1 is 0.485 bits per heavy atom. The zero-order chi connectivity index (χ0) is 22.5. The van der Waals surface area contributed by atoms with Gasteiger partial charge < -0.3 is 9.80 Å². The van der Waals surface area contributed by atoms with Crippen molar-refractivity contribution in [2.75, 3.05) is 16.3 Å². The Bertz CT molecular complexity index is 1270. The molecule has 5 rings (SSSR count). The van der Waals surface area contributed by atoms with E-state index in [2.05, 4.69) is 144 Å². The number of rotatable bonds is 7. The first kappa shape index (κ1) is 20.8. The van der Waals surface area contributed by atoms with Gasteiger partial charge in [-0.1, -0.05) is 79.7 Å². The molecule has 0 spiro atoms. The van der Waals surface area contributed by atoms with Crippen LogP contribution in [0.15, 0.2) is 127 Å². The number of benzene rings is 5. The van der Waals surface area contributed by atoms with Crippen LogP contribution >= 0.6 is 0 Å². The van der Waals surface area contributed by atoms with Gasteiger partial charge in [0.2, 0.25) is 0 Å². The molecule has 2 heteroatoms. The van der Waals surface area contributed by atoms with Crippen molar-refractivity contribution in [1.82, 2.24) is 0 Å². The fourth-order valence-electron chi connectivity index (χ4n) is 4.44. The topological polar surface area (TPSA) is 6.48 Å². The molecule has 33 heavy (non-hydrogen) atoms. The van der Waals surface area contributed by atoms with Gasteiger partial charge in [0.05, 0.1) is 0 Å². The Labute approximate surface area is 196 Å². The van der Waals surface area contributed by atoms with Crippen LogP contribution in [0, 0.1) is 0 Å². The van der Waals surface area contributed by atoms with E-state index in [1.54, 1.807) is 0 Å². The summed E-state index contributed by atoms with van der Waals surface area (Å²) >= 11 is 0. The van der Waals surface area contributed by atoms with Crippen molar-refractivity contribution in [3.63, 3.8) is 0 Å². The van der Waals surface area contributed by atoms with Gasteiger partial charge in [-0.25, -0.2) is 0 Å². The van der Waals surface area contributed by atoms with Crippen molar-refractivity contribution in [2.45, 2.75) is 13.3 Å². The lowest BCUT2D eigenvalue weighted by atomic mass is 10.1. The van der Waals surface area contributed by atoms with Crippen LogP contribution in [0.3, 0.4) is 0 Å². The van der Waals surface area contributed by atoms with Gasteiger partial charge in [0.1, 0.15) is 0 Å². The van der Waals surface area contributed by atoms with Gasteiger partial charge in [0, 0.05) is 40.4 Å². The van der Waals surface area contributed by atoms with Crippen LogP contribution in [0.4, 0.5) is 28.4 Å². The first-order chi connectivity index (χ1) is 16.3. The summed E-state index contributed by atoms with van der Waals surface area (Å²) in [7, 11) is 0. The first-order valence-electron chi connectivity index (χ1n) is 11.6. The normalized spacial score (nSPS) is 10.8. The minimum atomic E-state index is 0.967. The van der Waals surface area contributed by atoms with Crippen LogP contribution in [-0.4, -0.2) is 6.54 Å². The second kappa shape index (κ2) is 9.62. The van der Waals surface area contributed by atoms with Crippen molar-refractivity contribution >= 4 is 39.2 Å². The molecule has 0 aromatic heterocycles. The van der Waals surface area contributed by atoms with Crippen molar-refractivity contribution in [2.24, 2.45) is 0 Å². The maximum Gasteiger partial charge on any atom is 0.0490 e. The third-order valence-corrected chi connectivity index (χ3v) is 5.95. The average molecular weight is 429 g/mol.